The molecular weight excluding hydrogens is 264 g/mol. The zero-order chi connectivity index (χ0) is 15.1. The average molecular weight is 282 g/mol. The fourth-order valence-corrected chi connectivity index (χ4v) is 1.96. The van der Waals surface area contributed by atoms with Crippen LogP contribution in [0.4, 0.5) is 0 Å². The smallest absolute Gasteiger partial charge is 0.134 e. The Morgan fingerprint density at radius 2 is 1.90 bits per heavy atom. The van der Waals surface area contributed by atoms with Gasteiger partial charge in [-0.05, 0) is 36.2 Å². The number of benzene rings is 2. The zero-order valence-corrected chi connectivity index (χ0v) is 12.2. The van der Waals surface area contributed by atoms with E-state index in [1.165, 1.54) is 0 Å². The van der Waals surface area contributed by atoms with Crippen molar-refractivity contribution in [2.75, 3.05) is 13.7 Å². The Morgan fingerprint density at radius 3 is 2.62 bits per heavy atom. The van der Waals surface area contributed by atoms with Gasteiger partial charge in [0.25, 0.3) is 0 Å². The van der Waals surface area contributed by atoms with Gasteiger partial charge in [-0.2, -0.15) is 0 Å². The van der Waals surface area contributed by atoms with Crippen molar-refractivity contribution in [3.63, 3.8) is 0 Å². The van der Waals surface area contributed by atoms with Crippen molar-refractivity contribution >= 4 is 0 Å². The van der Waals surface area contributed by atoms with E-state index < -0.39 is 0 Å². The second kappa shape index (κ2) is 7.37. The zero-order valence-electron chi connectivity index (χ0n) is 12.2. The minimum Gasteiger partial charge on any atom is -0.495 e. The van der Waals surface area contributed by atoms with Crippen LogP contribution in [0.2, 0.25) is 0 Å². The SMILES string of the molecule is COc1ccc(COc2ccccc2C)cc1C#CCO. The molecule has 0 saturated heterocycles. The Balaban J connectivity index is 2.15. The first-order valence-electron chi connectivity index (χ1n) is 6.69. The highest BCUT2D eigenvalue weighted by molar-refractivity contribution is 5.48. The molecule has 21 heavy (non-hydrogen) atoms. The Kier molecular flexibility index (Phi) is 5.25. The van der Waals surface area contributed by atoms with Crippen LogP contribution in [-0.2, 0) is 6.61 Å². The van der Waals surface area contributed by atoms with Crippen LogP contribution in [0, 0.1) is 18.8 Å². The number of hydrogen-bond donors (Lipinski definition) is 1. The minimum atomic E-state index is -0.174. The van der Waals surface area contributed by atoms with Crippen LogP contribution in [0.15, 0.2) is 42.5 Å². The highest BCUT2D eigenvalue weighted by atomic mass is 16.5. The molecule has 3 nitrogen and oxygen atoms in total. The standard InChI is InChI=1S/C18H18O3/c1-14-6-3-4-8-17(14)21-13-15-9-10-18(20-2)16(12-15)7-5-11-19/h3-4,6,8-10,12,19H,11,13H2,1-2H3. The molecule has 0 aliphatic heterocycles. The van der Waals surface area contributed by atoms with Gasteiger partial charge in [0.2, 0.25) is 0 Å². The number of ether oxygens (including phenoxy) is 2. The lowest BCUT2D eigenvalue weighted by molar-refractivity contribution is 0.304. The molecule has 3 heteroatoms. The van der Waals surface area contributed by atoms with E-state index in [1.807, 2.05) is 49.4 Å². The molecule has 0 fully saturated rings. The van der Waals surface area contributed by atoms with Crippen LogP contribution >= 0.6 is 0 Å². The lowest BCUT2D eigenvalue weighted by atomic mass is 10.1. The molecule has 0 heterocycles. The fraction of sp³-hybridized carbons (Fsp3) is 0.222. The van der Waals surface area contributed by atoms with Crippen molar-refractivity contribution in [2.45, 2.75) is 13.5 Å². The summed E-state index contributed by atoms with van der Waals surface area (Å²) in [4.78, 5) is 0. The van der Waals surface area contributed by atoms with Gasteiger partial charge in [0.05, 0.1) is 12.7 Å². The van der Waals surface area contributed by atoms with E-state index in [4.69, 9.17) is 14.6 Å². The third kappa shape index (κ3) is 4.01. The first-order valence-corrected chi connectivity index (χ1v) is 6.69. The normalized spacial score (nSPS) is 9.67. The van der Waals surface area contributed by atoms with Gasteiger partial charge in [-0.25, -0.2) is 0 Å². The second-order valence-corrected chi connectivity index (χ2v) is 4.55. The van der Waals surface area contributed by atoms with E-state index in [9.17, 15) is 0 Å². The van der Waals surface area contributed by atoms with E-state index in [1.54, 1.807) is 7.11 Å². The van der Waals surface area contributed by atoms with E-state index in [0.717, 1.165) is 22.4 Å². The first kappa shape index (κ1) is 15.0. The lowest BCUT2D eigenvalue weighted by Gasteiger charge is -2.10. The molecule has 2 aromatic rings. The summed E-state index contributed by atoms with van der Waals surface area (Å²) in [5.74, 6) is 7.08. The fourth-order valence-electron chi connectivity index (χ4n) is 1.96. The Bertz CT molecular complexity index is 666. The van der Waals surface area contributed by atoms with Gasteiger partial charge in [0.1, 0.15) is 24.7 Å². The van der Waals surface area contributed by atoms with Crippen LogP contribution in [0.3, 0.4) is 0 Å². The van der Waals surface area contributed by atoms with Crippen LogP contribution in [-0.4, -0.2) is 18.8 Å². The summed E-state index contributed by atoms with van der Waals surface area (Å²) < 4.78 is 11.1. The first-order chi connectivity index (χ1) is 10.2. The number of rotatable bonds is 4. The number of hydrogen-bond acceptors (Lipinski definition) is 3. The molecule has 1 N–H and O–H groups in total. The van der Waals surface area contributed by atoms with Gasteiger partial charge in [-0.1, -0.05) is 36.1 Å². The molecule has 0 radical (unpaired) electrons. The number of aliphatic hydroxyl groups is 1. The summed E-state index contributed by atoms with van der Waals surface area (Å²) in [6.07, 6.45) is 0. The topological polar surface area (TPSA) is 38.7 Å². The molecular formula is C18H18O3. The molecule has 108 valence electrons. The Morgan fingerprint density at radius 1 is 1.10 bits per heavy atom. The largest absolute Gasteiger partial charge is 0.495 e. The number of methoxy groups -OCH3 is 1. The number of para-hydroxylation sites is 1. The molecule has 0 spiro atoms. The van der Waals surface area contributed by atoms with Crippen molar-refractivity contribution in [3.05, 3.63) is 59.2 Å². The van der Waals surface area contributed by atoms with Gasteiger partial charge in [0, 0.05) is 0 Å². The van der Waals surface area contributed by atoms with Crippen LogP contribution < -0.4 is 9.47 Å². The predicted molar refractivity (Wildman–Crippen MR) is 82.5 cm³/mol. The maximum Gasteiger partial charge on any atom is 0.134 e. The van der Waals surface area contributed by atoms with Crippen molar-refractivity contribution in [2.24, 2.45) is 0 Å². The lowest BCUT2D eigenvalue weighted by Crippen LogP contribution is -1.98. The van der Waals surface area contributed by atoms with Crippen molar-refractivity contribution in [1.29, 1.82) is 0 Å². The van der Waals surface area contributed by atoms with Crippen LogP contribution in [0.5, 0.6) is 11.5 Å². The van der Waals surface area contributed by atoms with Gasteiger partial charge in [-0.3, -0.25) is 0 Å². The highest BCUT2D eigenvalue weighted by Crippen LogP contribution is 2.21. The molecule has 0 unspecified atom stereocenters. The third-order valence-corrected chi connectivity index (χ3v) is 3.05. The van der Waals surface area contributed by atoms with E-state index in [-0.39, 0.29) is 6.61 Å². The van der Waals surface area contributed by atoms with E-state index in [0.29, 0.717) is 12.4 Å². The van der Waals surface area contributed by atoms with Crippen molar-refractivity contribution in [3.8, 4) is 23.3 Å². The minimum absolute atomic E-state index is 0.174. The van der Waals surface area contributed by atoms with E-state index >= 15 is 0 Å². The van der Waals surface area contributed by atoms with Crippen LogP contribution in [0.1, 0.15) is 16.7 Å². The quantitative estimate of drug-likeness (QED) is 0.876. The monoisotopic (exact) mass is 282 g/mol. The molecule has 0 saturated carbocycles. The maximum absolute atomic E-state index is 8.80. The third-order valence-electron chi connectivity index (χ3n) is 3.05. The second-order valence-electron chi connectivity index (χ2n) is 4.55. The number of aryl methyl sites for hydroxylation is 1. The molecule has 2 aromatic carbocycles. The van der Waals surface area contributed by atoms with Gasteiger partial charge >= 0.3 is 0 Å². The molecule has 0 atom stereocenters. The Labute approximate surface area is 125 Å². The van der Waals surface area contributed by atoms with Crippen molar-refractivity contribution in [1.82, 2.24) is 0 Å². The van der Waals surface area contributed by atoms with E-state index in [2.05, 4.69) is 11.8 Å². The molecule has 2 rings (SSSR count). The number of aliphatic hydroxyl groups excluding tert-OH is 1. The highest BCUT2D eigenvalue weighted by Gasteiger charge is 2.04. The van der Waals surface area contributed by atoms with Gasteiger partial charge < -0.3 is 14.6 Å². The summed E-state index contributed by atoms with van der Waals surface area (Å²) in [5.41, 5.74) is 2.85. The summed E-state index contributed by atoms with van der Waals surface area (Å²) in [5, 5.41) is 8.80. The summed E-state index contributed by atoms with van der Waals surface area (Å²) in [7, 11) is 1.60. The molecule has 0 aliphatic carbocycles. The van der Waals surface area contributed by atoms with Crippen molar-refractivity contribution < 1.29 is 14.6 Å². The maximum atomic E-state index is 8.80. The Hall–Kier alpha value is -2.44. The van der Waals surface area contributed by atoms with Crippen LogP contribution in [0.25, 0.3) is 0 Å². The van der Waals surface area contributed by atoms with Gasteiger partial charge in [0.15, 0.2) is 0 Å². The van der Waals surface area contributed by atoms with Gasteiger partial charge in [-0.15, -0.1) is 0 Å². The summed E-state index contributed by atoms with van der Waals surface area (Å²) in [6, 6.07) is 13.6. The summed E-state index contributed by atoms with van der Waals surface area (Å²) >= 11 is 0. The molecule has 0 amide bonds. The molecule has 0 aromatic heterocycles. The molecule has 0 aliphatic rings. The predicted octanol–water partition coefficient (Wildman–Crippen LogP) is 2.93. The average Bonchev–Trinajstić information content (AvgIpc) is 2.52. The summed E-state index contributed by atoms with van der Waals surface area (Å²) in [6.45, 7) is 2.30. The molecule has 0 bridgehead atoms.